The summed E-state index contributed by atoms with van der Waals surface area (Å²) in [5, 5.41) is 13.0. The van der Waals surface area contributed by atoms with Gasteiger partial charge in [-0.15, -0.1) is 10.2 Å². The van der Waals surface area contributed by atoms with Crippen LogP contribution in [0, 0.1) is 0 Å². The number of furan rings is 1. The summed E-state index contributed by atoms with van der Waals surface area (Å²) in [6.45, 7) is 0. The normalized spacial score (nSPS) is 11.2. The van der Waals surface area contributed by atoms with Gasteiger partial charge in [0.05, 0.1) is 12.5 Å². The molecule has 0 radical (unpaired) electrons. The van der Waals surface area contributed by atoms with E-state index in [1.165, 1.54) is 5.56 Å². The lowest BCUT2D eigenvalue weighted by Crippen LogP contribution is -1.92. The lowest BCUT2D eigenvalue weighted by atomic mass is 10.2. The van der Waals surface area contributed by atoms with Crippen LogP contribution in [0.25, 0.3) is 0 Å². The van der Waals surface area contributed by atoms with Crippen molar-refractivity contribution in [1.82, 2.24) is 14.9 Å². The third-order valence-corrected chi connectivity index (χ3v) is 3.57. The minimum absolute atomic E-state index is 0.692. The van der Waals surface area contributed by atoms with E-state index in [9.17, 15) is 0 Å². The highest BCUT2D eigenvalue weighted by Gasteiger charge is 2.04. The number of rotatable bonds is 5. The molecule has 0 unspecified atom stereocenters. The molecule has 0 saturated carbocycles. The molecule has 0 aliphatic heterocycles. The molecule has 0 aliphatic rings. The average molecular weight is 284 g/mol. The molecular weight excluding hydrogens is 272 g/mol. The second-order valence-electron chi connectivity index (χ2n) is 3.99. The Balaban J connectivity index is 1.67. The molecule has 2 aromatic heterocycles. The fraction of sp³-hybridized carbons (Fsp3) is 0.0714. The van der Waals surface area contributed by atoms with Crippen molar-refractivity contribution in [3.8, 4) is 0 Å². The topological polar surface area (TPSA) is 56.2 Å². The Labute approximate surface area is 120 Å². The molecule has 1 aromatic carbocycles. The van der Waals surface area contributed by atoms with Crippen molar-refractivity contribution < 1.29 is 4.42 Å². The first-order chi connectivity index (χ1) is 9.92. The van der Waals surface area contributed by atoms with Gasteiger partial charge in [0.1, 0.15) is 12.1 Å². The number of aromatic nitrogens is 3. The summed E-state index contributed by atoms with van der Waals surface area (Å²) in [6.07, 6.45) is 4.82. The van der Waals surface area contributed by atoms with Gasteiger partial charge >= 0.3 is 0 Å². The van der Waals surface area contributed by atoms with E-state index < -0.39 is 0 Å². The quantitative estimate of drug-likeness (QED) is 0.534. The minimum atomic E-state index is 0.692. The molecule has 0 N–H and O–H groups in total. The maximum Gasteiger partial charge on any atom is 0.212 e. The Hall–Kier alpha value is -2.34. The van der Waals surface area contributed by atoms with Gasteiger partial charge in [-0.05, 0) is 17.7 Å². The minimum Gasteiger partial charge on any atom is -0.463 e. The summed E-state index contributed by atoms with van der Waals surface area (Å²) in [5.74, 6) is 1.52. The Kier molecular flexibility index (Phi) is 3.93. The largest absolute Gasteiger partial charge is 0.463 e. The molecule has 0 amide bonds. The highest BCUT2D eigenvalue weighted by molar-refractivity contribution is 7.98. The predicted octanol–water partition coefficient (Wildman–Crippen LogP) is 3.05. The van der Waals surface area contributed by atoms with E-state index in [2.05, 4.69) is 27.4 Å². The number of hydrogen-bond acceptors (Lipinski definition) is 5. The van der Waals surface area contributed by atoms with Crippen molar-refractivity contribution in [3.63, 3.8) is 0 Å². The van der Waals surface area contributed by atoms with Gasteiger partial charge < -0.3 is 4.42 Å². The summed E-state index contributed by atoms with van der Waals surface area (Å²) in [5.41, 5.74) is 1.24. The number of nitrogens with zero attached hydrogens (tertiary/aromatic N) is 4. The van der Waals surface area contributed by atoms with Crippen LogP contribution in [0.4, 0.5) is 0 Å². The Morgan fingerprint density at radius 1 is 1.20 bits per heavy atom. The third kappa shape index (κ3) is 3.16. The van der Waals surface area contributed by atoms with Gasteiger partial charge in [0.25, 0.3) is 0 Å². The van der Waals surface area contributed by atoms with Crippen LogP contribution in [-0.4, -0.2) is 21.1 Å². The number of thioether (sulfide) groups is 1. The average Bonchev–Trinajstić information content (AvgIpc) is 3.15. The molecular formula is C14H12N4OS. The van der Waals surface area contributed by atoms with Crippen LogP contribution in [0.15, 0.2) is 69.7 Å². The summed E-state index contributed by atoms with van der Waals surface area (Å²) in [7, 11) is 0. The van der Waals surface area contributed by atoms with Crippen molar-refractivity contribution in [2.45, 2.75) is 10.9 Å². The Bertz CT molecular complexity index is 676. The van der Waals surface area contributed by atoms with E-state index in [0.717, 1.165) is 10.9 Å². The van der Waals surface area contributed by atoms with Crippen LogP contribution in [0.2, 0.25) is 0 Å². The SMILES string of the molecule is C(=N/n1cnnc1SCc1ccccc1)/c1ccco1. The number of benzene rings is 1. The number of hydrogen-bond donors (Lipinski definition) is 0. The molecule has 0 atom stereocenters. The van der Waals surface area contributed by atoms with E-state index in [1.54, 1.807) is 35.2 Å². The molecule has 0 aliphatic carbocycles. The van der Waals surface area contributed by atoms with Crippen LogP contribution >= 0.6 is 11.8 Å². The van der Waals surface area contributed by atoms with Crippen LogP contribution in [-0.2, 0) is 5.75 Å². The molecule has 100 valence electrons. The fourth-order valence-electron chi connectivity index (χ4n) is 1.60. The van der Waals surface area contributed by atoms with Crippen molar-refractivity contribution in [2.24, 2.45) is 5.10 Å². The van der Waals surface area contributed by atoms with Gasteiger partial charge in [-0.1, -0.05) is 42.1 Å². The fourth-order valence-corrected chi connectivity index (χ4v) is 2.42. The van der Waals surface area contributed by atoms with E-state index in [1.807, 2.05) is 30.3 Å². The van der Waals surface area contributed by atoms with Crippen molar-refractivity contribution >= 4 is 18.0 Å². The van der Waals surface area contributed by atoms with Gasteiger partial charge in [-0.25, -0.2) is 0 Å². The molecule has 3 rings (SSSR count). The molecule has 20 heavy (non-hydrogen) atoms. The molecule has 0 bridgehead atoms. The summed E-state index contributed by atoms with van der Waals surface area (Å²) >= 11 is 1.59. The third-order valence-electron chi connectivity index (χ3n) is 2.56. The second-order valence-corrected chi connectivity index (χ2v) is 4.93. The van der Waals surface area contributed by atoms with Gasteiger partial charge in [0, 0.05) is 5.75 Å². The van der Waals surface area contributed by atoms with Crippen molar-refractivity contribution in [1.29, 1.82) is 0 Å². The summed E-state index contributed by atoms with van der Waals surface area (Å²) in [6, 6.07) is 13.9. The molecule has 5 nitrogen and oxygen atoms in total. The first-order valence-corrected chi connectivity index (χ1v) is 7.05. The monoisotopic (exact) mass is 284 g/mol. The van der Waals surface area contributed by atoms with Gasteiger partial charge in [0.15, 0.2) is 0 Å². The van der Waals surface area contributed by atoms with Crippen molar-refractivity contribution in [2.75, 3.05) is 0 Å². The Morgan fingerprint density at radius 2 is 2.10 bits per heavy atom. The van der Waals surface area contributed by atoms with Crippen LogP contribution in [0.3, 0.4) is 0 Å². The van der Waals surface area contributed by atoms with E-state index in [4.69, 9.17) is 4.42 Å². The summed E-state index contributed by atoms with van der Waals surface area (Å²) < 4.78 is 6.83. The van der Waals surface area contributed by atoms with E-state index in [0.29, 0.717) is 5.76 Å². The lowest BCUT2D eigenvalue weighted by molar-refractivity contribution is 0.559. The van der Waals surface area contributed by atoms with Crippen molar-refractivity contribution in [3.05, 3.63) is 66.4 Å². The molecule has 2 heterocycles. The first kappa shape index (κ1) is 12.7. The molecule has 0 saturated heterocycles. The Morgan fingerprint density at radius 3 is 2.90 bits per heavy atom. The van der Waals surface area contributed by atoms with Gasteiger partial charge in [0.2, 0.25) is 5.16 Å². The maximum absolute atomic E-state index is 5.19. The maximum atomic E-state index is 5.19. The van der Waals surface area contributed by atoms with Crippen LogP contribution in [0.5, 0.6) is 0 Å². The second kappa shape index (κ2) is 6.21. The lowest BCUT2D eigenvalue weighted by Gasteiger charge is -2.00. The molecule has 3 aromatic rings. The standard InChI is InChI=1S/C14H12N4OS/c1-2-5-12(6-3-1)10-20-14-17-15-11-18(14)16-9-13-7-4-8-19-13/h1-9,11H,10H2/b16-9-. The smallest absolute Gasteiger partial charge is 0.212 e. The molecule has 0 fully saturated rings. The highest BCUT2D eigenvalue weighted by atomic mass is 32.2. The van der Waals surface area contributed by atoms with E-state index in [-0.39, 0.29) is 0 Å². The zero-order valence-corrected chi connectivity index (χ0v) is 11.4. The van der Waals surface area contributed by atoms with Gasteiger partial charge in [-0.2, -0.15) is 9.78 Å². The van der Waals surface area contributed by atoms with Crippen LogP contribution in [0.1, 0.15) is 11.3 Å². The van der Waals surface area contributed by atoms with Crippen LogP contribution < -0.4 is 0 Å². The predicted molar refractivity (Wildman–Crippen MR) is 77.7 cm³/mol. The zero-order chi connectivity index (χ0) is 13.6. The summed E-state index contributed by atoms with van der Waals surface area (Å²) in [4.78, 5) is 0. The molecule has 6 heteroatoms. The van der Waals surface area contributed by atoms with Gasteiger partial charge in [-0.3, -0.25) is 0 Å². The van der Waals surface area contributed by atoms with E-state index >= 15 is 0 Å². The highest BCUT2D eigenvalue weighted by Crippen LogP contribution is 2.20. The first-order valence-electron chi connectivity index (χ1n) is 6.06. The molecule has 0 spiro atoms. The zero-order valence-electron chi connectivity index (χ0n) is 10.6.